The molecule has 0 spiro atoms. The zero-order valence-corrected chi connectivity index (χ0v) is 11.2. The third-order valence-electron chi connectivity index (χ3n) is 3.21. The summed E-state index contributed by atoms with van der Waals surface area (Å²) in [7, 11) is 1.59. The van der Waals surface area contributed by atoms with Crippen molar-refractivity contribution in [3.05, 3.63) is 23.8 Å². The maximum Gasteiger partial charge on any atom is 0.123 e. The maximum absolute atomic E-state index is 9.78. The highest BCUT2D eigenvalue weighted by atomic mass is 16.5. The van der Waals surface area contributed by atoms with Crippen LogP contribution in [0.15, 0.2) is 18.2 Å². The molecule has 3 nitrogen and oxygen atoms in total. The van der Waals surface area contributed by atoms with Gasteiger partial charge in [-0.15, -0.1) is 0 Å². The molecule has 1 aromatic rings. The van der Waals surface area contributed by atoms with Gasteiger partial charge in [-0.3, -0.25) is 0 Å². The fourth-order valence-electron chi connectivity index (χ4n) is 1.49. The molecule has 0 radical (unpaired) electrons. The molecule has 0 aliphatic heterocycles. The Morgan fingerprint density at radius 3 is 2.53 bits per heavy atom. The predicted octanol–water partition coefficient (Wildman–Crippen LogP) is 2.78. The van der Waals surface area contributed by atoms with E-state index in [2.05, 4.69) is 26.1 Å². The normalized spacial score (nSPS) is 12.8. The average molecular weight is 237 g/mol. The summed E-state index contributed by atoms with van der Waals surface area (Å²) in [5, 5.41) is 13.1. The number of phenolic OH excluding ortho intramolecular Hbond substituents is 1. The van der Waals surface area contributed by atoms with Crippen molar-refractivity contribution in [2.45, 2.75) is 27.3 Å². The third kappa shape index (κ3) is 4.27. The van der Waals surface area contributed by atoms with Crippen LogP contribution in [-0.4, -0.2) is 18.8 Å². The fraction of sp³-hybridized carbons (Fsp3) is 0.571. The van der Waals surface area contributed by atoms with Gasteiger partial charge in [0.1, 0.15) is 11.5 Å². The summed E-state index contributed by atoms with van der Waals surface area (Å²) < 4.78 is 5.04. The van der Waals surface area contributed by atoms with Gasteiger partial charge in [-0.05, 0) is 24.4 Å². The molecule has 2 N–H and O–H groups in total. The number of rotatable bonds is 6. The van der Waals surface area contributed by atoms with Crippen LogP contribution >= 0.6 is 0 Å². The van der Waals surface area contributed by atoms with Crippen LogP contribution in [0.1, 0.15) is 26.3 Å². The standard InChI is InChI=1S/C14H23NO2/c1-10(2)11(3)8-15-9-12-5-6-13(17-4)7-14(12)16/h5-7,10-11,15-16H,8-9H2,1-4H3. The quantitative estimate of drug-likeness (QED) is 0.799. The molecule has 3 heteroatoms. The van der Waals surface area contributed by atoms with Crippen molar-refractivity contribution in [3.8, 4) is 11.5 Å². The molecular weight excluding hydrogens is 214 g/mol. The molecule has 0 heterocycles. The number of phenols is 1. The minimum Gasteiger partial charge on any atom is -0.507 e. The van der Waals surface area contributed by atoms with Crippen LogP contribution in [0, 0.1) is 11.8 Å². The van der Waals surface area contributed by atoms with Gasteiger partial charge in [-0.2, -0.15) is 0 Å². The van der Waals surface area contributed by atoms with E-state index in [1.807, 2.05) is 12.1 Å². The van der Waals surface area contributed by atoms with Crippen LogP contribution in [0.3, 0.4) is 0 Å². The van der Waals surface area contributed by atoms with Crippen molar-refractivity contribution in [2.24, 2.45) is 11.8 Å². The first-order valence-electron chi connectivity index (χ1n) is 6.11. The molecule has 1 unspecified atom stereocenters. The largest absolute Gasteiger partial charge is 0.507 e. The summed E-state index contributed by atoms with van der Waals surface area (Å²) >= 11 is 0. The van der Waals surface area contributed by atoms with E-state index in [-0.39, 0.29) is 5.75 Å². The molecule has 96 valence electrons. The molecular formula is C14H23NO2. The Balaban J connectivity index is 2.47. The smallest absolute Gasteiger partial charge is 0.123 e. The lowest BCUT2D eigenvalue weighted by atomic mass is 9.98. The molecule has 0 fully saturated rings. The number of hydrogen-bond acceptors (Lipinski definition) is 3. The van der Waals surface area contributed by atoms with E-state index < -0.39 is 0 Å². The molecule has 0 amide bonds. The Hall–Kier alpha value is -1.22. The van der Waals surface area contributed by atoms with E-state index in [1.54, 1.807) is 13.2 Å². The molecule has 1 atom stereocenters. The van der Waals surface area contributed by atoms with Crippen LogP contribution < -0.4 is 10.1 Å². The second-order valence-corrected chi connectivity index (χ2v) is 4.85. The van der Waals surface area contributed by atoms with E-state index >= 15 is 0 Å². The molecule has 1 rings (SSSR count). The van der Waals surface area contributed by atoms with Gasteiger partial charge in [-0.25, -0.2) is 0 Å². The molecule has 0 aromatic heterocycles. The molecule has 17 heavy (non-hydrogen) atoms. The summed E-state index contributed by atoms with van der Waals surface area (Å²) in [6, 6.07) is 5.40. The second-order valence-electron chi connectivity index (χ2n) is 4.85. The lowest BCUT2D eigenvalue weighted by molar-refractivity contribution is 0.387. The van der Waals surface area contributed by atoms with E-state index in [0.717, 1.165) is 12.1 Å². The third-order valence-corrected chi connectivity index (χ3v) is 3.21. The van der Waals surface area contributed by atoms with Gasteiger partial charge < -0.3 is 15.2 Å². The SMILES string of the molecule is COc1ccc(CNCC(C)C(C)C)c(O)c1. The summed E-state index contributed by atoms with van der Waals surface area (Å²) in [6.07, 6.45) is 0. The predicted molar refractivity (Wildman–Crippen MR) is 70.4 cm³/mol. The first-order chi connectivity index (χ1) is 8.04. The first-order valence-corrected chi connectivity index (χ1v) is 6.11. The summed E-state index contributed by atoms with van der Waals surface area (Å²) in [4.78, 5) is 0. The van der Waals surface area contributed by atoms with Gasteiger partial charge in [0.15, 0.2) is 0 Å². The molecule has 0 saturated carbocycles. The minimum atomic E-state index is 0.286. The van der Waals surface area contributed by atoms with Crippen molar-refractivity contribution in [1.82, 2.24) is 5.32 Å². The molecule has 0 bridgehead atoms. The zero-order chi connectivity index (χ0) is 12.8. The minimum absolute atomic E-state index is 0.286. The Morgan fingerprint density at radius 2 is 2.00 bits per heavy atom. The molecule has 0 saturated heterocycles. The number of methoxy groups -OCH3 is 1. The van der Waals surface area contributed by atoms with Crippen LogP contribution in [0.25, 0.3) is 0 Å². The number of ether oxygens (including phenoxy) is 1. The topological polar surface area (TPSA) is 41.5 Å². The monoisotopic (exact) mass is 237 g/mol. The summed E-state index contributed by atoms with van der Waals surface area (Å²) in [5.41, 5.74) is 0.904. The van der Waals surface area contributed by atoms with Gasteiger partial charge in [0.25, 0.3) is 0 Å². The Labute approximate surface area is 104 Å². The van der Waals surface area contributed by atoms with Crippen LogP contribution in [-0.2, 0) is 6.54 Å². The number of nitrogens with one attached hydrogen (secondary N) is 1. The second kappa shape index (κ2) is 6.50. The maximum atomic E-state index is 9.78. The van der Waals surface area contributed by atoms with Gasteiger partial charge in [0.05, 0.1) is 7.11 Å². The van der Waals surface area contributed by atoms with E-state index in [9.17, 15) is 5.11 Å². The average Bonchev–Trinajstić information content (AvgIpc) is 2.30. The van der Waals surface area contributed by atoms with Crippen LogP contribution in [0.4, 0.5) is 0 Å². The Kier molecular flexibility index (Phi) is 5.29. The number of benzene rings is 1. The number of hydrogen-bond donors (Lipinski definition) is 2. The lowest BCUT2D eigenvalue weighted by Gasteiger charge is -2.16. The first kappa shape index (κ1) is 13.8. The van der Waals surface area contributed by atoms with E-state index in [4.69, 9.17) is 4.74 Å². The van der Waals surface area contributed by atoms with E-state index in [1.165, 1.54) is 0 Å². The van der Waals surface area contributed by atoms with Crippen LogP contribution in [0.2, 0.25) is 0 Å². The summed E-state index contributed by atoms with van der Waals surface area (Å²) in [5.74, 6) is 2.28. The van der Waals surface area contributed by atoms with Gasteiger partial charge >= 0.3 is 0 Å². The molecule has 1 aromatic carbocycles. The molecule has 0 aliphatic rings. The molecule has 0 aliphatic carbocycles. The van der Waals surface area contributed by atoms with Gasteiger partial charge in [0.2, 0.25) is 0 Å². The highest BCUT2D eigenvalue weighted by molar-refractivity contribution is 5.39. The van der Waals surface area contributed by atoms with Crippen molar-refractivity contribution in [1.29, 1.82) is 0 Å². The van der Waals surface area contributed by atoms with Crippen molar-refractivity contribution in [2.75, 3.05) is 13.7 Å². The lowest BCUT2D eigenvalue weighted by Crippen LogP contribution is -2.23. The van der Waals surface area contributed by atoms with Crippen LogP contribution in [0.5, 0.6) is 11.5 Å². The highest BCUT2D eigenvalue weighted by Gasteiger charge is 2.07. The van der Waals surface area contributed by atoms with Crippen molar-refractivity contribution in [3.63, 3.8) is 0 Å². The zero-order valence-electron chi connectivity index (χ0n) is 11.2. The Morgan fingerprint density at radius 1 is 1.29 bits per heavy atom. The van der Waals surface area contributed by atoms with Crippen molar-refractivity contribution < 1.29 is 9.84 Å². The Bertz CT molecular complexity index is 350. The summed E-state index contributed by atoms with van der Waals surface area (Å²) in [6.45, 7) is 8.32. The van der Waals surface area contributed by atoms with Gasteiger partial charge in [0, 0.05) is 18.2 Å². The number of aromatic hydroxyl groups is 1. The van der Waals surface area contributed by atoms with Gasteiger partial charge in [-0.1, -0.05) is 26.8 Å². The van der Waals surface area contributed by atoms with Crippen molar-refractivity contribution >= 4 is 0 Å². The highest BCUT2D eigenvalue weighted by Crippen LogP contribution is 2.23. The van der Waals surface area contributed by atoms with E-state index in [0.29, 0.717) is 24.1 Å². The fourth-order valence-corrected chi connectivity index (χ4v) is 1.49.